The zero-order chi connectivity index (χ0) is 23.2. The molecular formula is C24H20N4O4S. The van der Waals surface area contributed by atoms with E-state index in [1.807, 2.05) is 24.3 Å². The maximum absolute atomic E-state index is 13.0. The Hall–Kier alpha value is -3.82. The van der Waals surface area contributed by atoms with E-state index >= 15 is 0 Å². The van der Waals surface area contributed by atoms with Crippen molar-refractivity contribution in [2.24, 2.45) is 5.14 Å². The maximum Gasteiger partial charge on any atom is 0.257 e. The molecule has 0 unspecified atom stereocenters. The predicted octanol–water partition coefficient (Wildman–Crippen LogP) is 2.59. The predicted molar refractivity (Wildman–Crippen MR) is 125 cm³/mol. The number of carbonyl (C=O) groups is 1. The van der Waals surface area contributed by atoms with Gasteiger partial charge in [-0.3, -0.25) is 9.59 Å². The standard InChI is InChI=1S/C24H20N4O4S/c25-33(31,32)19-10-6-15(7-11-19)16-3-1-4-18(13-16)28-14-21(24(30)27-17-8-9-17)22(29)20-5-2-12-26-23(20)28/h1-7,10-14,17H,8-9H2,(H,27,30)(H2,25,31,32). The quantitative estimate of drug-likeness (QED) is 0.474. The highest BCUT2D eigenvalue weighted by molar-refractivity contribution is 7.89. The van der Waals surface area contributed by atoms with Crippen LogP contribution in [0.4, 0.5) is 0 Å². The van der Waals surface area contributed by atoms with E-state index < -0.39 is 15.9 Å². The van der Waals surface area contributed by atoms with Crippen molar-refractivity contribution >= 4 is 27.0 Å². The smallest absolute Gasteiger partial charge is 0.257 e. The molecule has 1 saturated carbocycles. The fourth-order valence-corrected chi connectivity index (χ4v) is 4.20. The minimum atomic E-state index is -3.78. The second-order valence-corrected chi connectivity index (χ2v) is 9.55. The molecule has 0 aliphatic heterocycles. The first-order valence-electron chi connectivity index (χ1n) is 10.4. The second-order valence-electron chi connectivity index (χ2n) is 7.98. The number of aromatic nitrogens is 2. The molecule has 1 fully saturated rings. The van der Waals surface area contributed by atoms with Gasteiger partial charge in [0.05, 0.1) is 10.3 Å². The van der Waals surface area contributed by atoms with E-state index in [-0.39, 0.29) is 21.9 Å². The average molecular weight is 461 g/mol. The first-order chi connectivity index (χ1) is 15.8. The molecule has 3 N–H and O–H groups in total. The van der Waals surface area contributed by atoms with Gasteiger partial charge in [-0.2, -0.15) is 0 Å². The zero-order valence-corrected chi connectivity index (χ0v) is 18.2. The number of fused-ring (bicyclic) bond motifs is 1. The Morgan fingerprint density at radius 1 is 1.03 bits per heavy atom. The molecule has 2 aromatic heterocycles. The van der Waals surface area contributed by atoms with Gasteiger partial charge in [-0.1, -0.05) is 24.3 Å². The average Bonchev–Trinajstić information content (AvgIpc) is 3.63. The number of carbonyl (C=O) groups excluding carboxylic acids is 1. The van der Waals surface area contributed by atoms with Gasteiger partial charge in [0, 0.05) is 24.1 Å². The van der Waals surface area contributed by atoms with E-state index in [1.54, 1.807) is 35.0 Å². The molecule has 0 spiro atoms. The minimum Gasteiger partial charge on any atom is -0.349 e. The third-order valence-electron chi connectivity index (χ3n) is 5.56. The molecule has 1 amide bonds. The number of nitrogens with one attached hydrogen (secondary N) is 1. The lowest BCUT2D eigenvalue weighted by Crippen LogP contribution is -2.31. The first kappa shape index (κ1) is 21.0. The van der Waals surface area contributed by atoms with E-state index in [2.05, 4.69) is 10.3 Å². The molecule has 1 aliphatic carbocycles. The maximum atomic E-state index is 13.0. The second kappa shape index (κ2) is 7.95. The molecule has 33 heavy (non-hydrogen) atoms. The summed E-state index contributed by atoms with van der Waals surface area (Å²) >= 11 is 0. The number of hydrogen-bond acceptors (Lipinski definition) is 5. The Labute approximate surface area is 189 Å². The van der Waals surface area contributed by atoms with Gasteiger partial charge in [0.1, 0.15) is 11.2 Å². The highest BCUT2D eigenvalue weighted by Gasteiger charge is 2.26. The van der Waals surface area contributed by atoms with Crippen molar-refractivity contribution in [3.8, 4) is 16.8 Å². The Bertz CT molecular complexity index is 1560. The molecule has 5 rings (SSSR count). The SMILES string of the molecule is NS(=O)(=O)c1ccc(-c2cccc(-n3cc(C(=O)NC4CC4)c(=O)c4cccnc43)c2)cc1. The van der Waals surface area contributed by atoms with E-state index in [0.717, 1.165) is 24.0 Å². The van der Waals surface area contributed by atoms with Crippen molar-refractivity contribution in [1.29, 1.82) is 0 Å². The third-order valence-corrected chi connectivity index (χ3v) is 6.49. The molecule has 0 bridgehead atoms. The number of pyridine rings is 2. The van der Waals surface area contributed by atoms with Gasteiger partial charge in [-0.15, -0.1) is 0 Å². The van der Waals surface area contributed by atoms with Gasteiger partial charge in [-0.05, 0) is 60.4 Å². The number of primary sulfonamides is 1. The molecule has 8 nitrogen and oxygen atoms in total. The van der Waals surface area contributed by atoms with E-state index in [1.165, 1.54) is 18.3 Å². The van der Waals surface area contributed by atoms with Crippen LogP contribution in [-0.2, 0) is 10.0 Å². The van der Waals surface area contributed by atoms with Crippen LogP contribution < -0.4 is 15.9 Å². The van der Waals surface area contributed by atoms with Crippen molar-refractivity contribution in [3.63, 3.8) is 0 Å². The zero-order valence-electron chi connectivity index (χ0n) is 17.4. The fraction of sp³-hybridized carbons (Fsp3) is 0.125. The van der Waals surface area contributed by atoms with Gasteiger partial charge in [-0.25, -0.2) is 18.5 Å². The van der Waals surface area contributed by atoms with Gasteiger partial charge in [0.25, 0.3) is 5.91 Å². The molecule has 0 atom stereocenters. The fourth-order valence-electron chi connectivity index (χ4n) is 3.68. The van der Waals surface area contributed by atoms with Gasteiger partial charge in [0.15, 0.2) is 0 Å². The lowest BCUT2D eigenvalue weighted by molar-refractivity contribution is 0.0949. The summed E-state index contributed by atoms with van der Waals surface area (Å²) < 4.78 is 24.8. The Morgan fingerprint density at radius 2 is 1.79 bits per heavy atom. The lowest BCUT2D eigenvalue weighted by Gasteiger charge is -2.14. The summed E-state index contributed by atoms with van der Waals surface area (Å²) in [5, 5.41) is 8.41. The number of nitrogens with zero attached hydrogens (tertiary/aromatic N) is 2. The summed E-state index contributed by atoms with van der Waals surface area (Å²) in [6.45, 7) is 0. The Morgan fingerprint density at radius 3 is 2.48 bits per heavy atom. The van der Waals surface area contributed by atoms with E-state index in [0.29, 0.717) is 16.7 Å². The molecule has 1 aliphatic rings. The van der Waals surface area contributed by atoms with Crippen LogP contribution in [0.15, 0.2) is 82.7 Å². The minimum absolute atomic E-state index is 0.0318. The van der Waals surface area contributed by atoms with Crippen LogP contribution in [0, 0.1) is 0 Å². The first-order valence-corrected chi connectivity index (χ1v) is 11.9. The van der Waals surface area contributed by atoms with Crippen molar-refractivity contribution < 1.29 is 13.2 Å². The summed E-state index contributed by atoms with van der Waals surface area (Å²) in [5.41, 5.74) is 2.45. The van der Waals surface area contributed by atoms with E-state index in [4.69, 9.17) is 5.14 Å². The number of rotatable bonds is 5. The van der Waals surface area contributed by atoms with E-state index in [9.17, 15) is 18.0 Å². The van der Waals surface area contributed by atoms with Crippen LogP contribution in [0.3, 0.4) is 0 Å². The van der Waals surface area contributed by atoms with Crippen LogP contribution in [-0.4, -0.2) is 29.9 Å². The highest BCUT2D eigenvalue weighted by Crippen LogP contribution is 2.25. The molecule has 0 saturated heterocycles. The summed E-state index contributed by atoms with van der Waals surface area (Å²) in [6, 6.07) is 17.2. The Balaban J connectivity index is 1.63. The number of benzene rings is 2. The van der Waals surface area contributed by atoms with Gasteiger partial charge >= 0.3 is 0 Å². The largest absolute Gasteiger partial charge is 0.349 e. The van der Waals surface area contributed by atoms with Crippen molar-refractivity contribution in [3.05, 3.63) is 88.8 Å². The summed E-state index contributed by atoms with van der Waals surface area (Å²) in [5.74, 6) is -0.392. The van der Waals surface area contributed by atoms with Gasteiger partial charge < -0.3 is 9.88 Å². The number of nitrogens with two attached hydrogens (primary N) is 1. The van der Waals surface area contributed by atoms with Crippen molar-refractivity contribution in [2.45, 2.75) is 23.8 Å². The molecular weight excluding hydrogens is 440 g/mol. The van der Waals surface area contributed by atoms with Crippen molar-refractivity contribution in [1.82, 2.24) is 14.9 Å². The van der Waals surface area contributed by atoms with Crippen molar-refractivity contribution in [2.75, 3.05) is 0 Å². The van der Waals surface area contributed by atoms with Gasteiger partial charge in [0.2, 0.25) is 15.5 Å². The Kier molecular flexibility index (Phi) is 5.07. The lowest BCUT2D eigenvalue weighted by atomic mass is 10.0. The van der Waals surface area contributed by atoms with Crippen LogP contribution >= 0.6 is 0 Å². The number of sulfonamides is 1. The number of amides is 1. The molecule has 4 aromatic rings. The van der Waals surface area contributed by atoms with Crippen LogP contribution in [0.5, 0.6) is 0 Å². The molecule has 9 heteroatoms. The molecule has 2 heterocycles. The third kappa shape index (κ3) is 4.15. The molecule has 166 valence electrons. The number of hydrogen-bond donors (Lipinski definition) is 2. The molecule has 0 radical (unpaired) electrons. The normalized spacial score (nSPS) is 13.7. The summed E-state index contributed by atoms with van der Waals surface area (Å²) in [4.78, 5) is 30.1. The van der Waals surface area contributed by atoms with Crippen LogP contribution in [0.2, 0.25) is 0 Å². The summed E-state index contributed by atoms with van der Waals surface area (Å²) in [6.07, 6.45) is 4.96. The topological polar surface area (TPSA) is 124 Å². The van der Waals surface area contributed by atoms with Crippen LogP contribution in [0.1, 0.15) is 23.2 Å². The molecule has 2 aromatic carbocycles. The monoisotopic (exact) mass is 460 g/mol. The van der Waals surface area contributed by atoms with Crippen LogP contribution in [0.25, 0.3) is 27.8 Å². The highest BCUT2D eigenvalue weighted by atomic mass is 32.2. The summed E-state index contributed by atoms with van der Waals surface area (Å²) in [7, 11) is -3.78.